The number of esters is 2. The molecule has 0 bridgehead atoms. The van der Waals surface area contributed by atoms with Crippen LogP contribution in [0.3, 0.4) is 0 Å². The number of hydrogen-bond donors (Lipinski definition) is 0. The Morgan fingerprint density at radius 1 is 0.255 bits per heavy atom. The van der Waals surface area contributed by atoms with Gasteiger partial charge in [-0.1, -0.05) is 65.2 Å². The van der Waals surface area contributed by atoms with Gasteiger partial charge in [0, 0.05) is 12.8 Å². The molecule has 0 aliphatic heterocycles. The van der Waals surface area contributed by atoms with Crippen LogP contribution in [0, 0.1) is 0 Å². The monoisotopic (exact) mass is 799 g/mol. The predicted molar refractivity (Wildman–Crippen MR) is 208 cm³/mol. The maximum absolute atomic E-state index is 11.7. The first-order valence-corrected chi connectivity index (χ1v) is 20.9. The molecule has 0 spiro atoms. The molecule has 0 atom stereocenters. The van der Waals surface area contributed by atoms with E-state index in [1.54, 1.807) is 0 Å². The molecule has 0 aromatic rings. The normalized spacial score (nSPS) is 11.4. The molecule has 0 amide bonds. The molecule has 0 aromatic carbocycles. The lowest BCUT2D eigenvalue weighted by atomic mass is 10.1. The van der Waals surface area contributed by atoms with Gasteiger partial charge in [0.2, 0.25) is 0 Å². The van der Waals surface area contributed by atoms with Gasteiger partial charge in [-0.15, -0.1) is 0 Å². The van der Waals surface area contributed by atoms with Gasteiger partial charge in [0.05, 0.1) is 145 Å². The van der Waals surface area contributed by atoms with E-state index in [2.05, 4.69) is 13.8 Å². The molecule has 0 aromatic heterocycles. The van der Waals surface area contributed by atoms with Crippen molar-refractivity contribution in [2.75, 3.05) is 159 Å². The average molecular weight is 799 g/mol. The van der Waals surface area contributed by atoms with Gasteiger partial charge < -0.3 is 61.6 Å². The minimum absolute atomic E-state index is 0.147. The summed E-state index contributed by atoms with van der Waals surface area (Å²) in [6, 6.07) is 0. The fourth-order valence-corrected chi connectivity index (χ4v) is 4.62. The van der Waals surface area contributed by atoms with Crippen molar-refractivity contribution < 1.29 is 71.2 Å². The van der Waals surface area contributed by atoms with Crippen LogP contribution in [0.4, 0.5) is 0 Å². The third-order valence-corrected chi connectivity index (χ3v) is 7.67. The Bertz CT molecular complexity index is 762. The number of carbonyl (C=O) groups excluding carboxylic acids is 2. The molecular formula is C40H78O15. The molecule has 0 aliphatic rings. The Labute approximate surface area is 332 Å². The third-order valence-electron chi connectivity index (χ3n) is 7.67. The highest BCUT2D eigenvalue weighted by Crippen LogP contribution is 2.07. The zero-order valence-corrected chi connectivity index (χ0v) is 34.6. The van der Waals surface area contributed by atoms with Gasteiger partial charge in [-0.2, -0.15) is 0 Å². The van der Waals surface area contributed by atoms with E-state index in [1.165, 1.54) is 25.7 Å². The van der Waals surface area contributed by atoms with Crippen LogP contribution in [-0.2, 0) is 71.2 Å². The summed E-state index contributed by atoms with van der Waals surface area (Å²) in [5, 5.41) is 0. The molecule has 55 heavy (non-hydrogen) atoms. The van der Waals surface area contributed by atoms with Crippen molar-refractivity contribution in [1.82, 2.24) is 0 Å². The van der Waals surface area contributed by atoms with Crippen molar-refractivity contribution in [1.29, 1.82) is 0 Å². The molecule has 0 unspecified atom stereocenters. The summed E-state index contributed by atoms with van der Waals surface area (Å²) in [4.78, 5) is 23.2. The Balaban J connectivity index is 3.12. The maximum atomic E-state index is 11.7. The predicted octanol–water partition coefficient (Wildman–Crippen LogP) is 4.98. The van der Waals surface area contributed by atoms with Crippen LogP contribution in [0.5, 0.6) is 0 Å². The van der Waals surface area contributed by atoms with Gasteiger partial charge in [-0.05, 0) is 12.8 Å². The van der Waals surface area contributed by atoms with E-state index in [0.29, 0.717) is 158 Å². The molecule has 0 saturated heterocycles. The van der Waals surface area contributed by atoms with E-state index < -0.39 is 0 Å². The fourth-order valence-electron chi connectivity index (χ4n) is 4.62. The molecule has 15 heteroatoms. The number of rotatable bonds is 48. The van der Waals surface area contributed by atoms with E-state index in [9.17, 15) is 9.59 Å². The molecule has 0 fully saturated rings. The lowest BCUT2D eigenvalue weighted by molar-refractivity contribution is -0.146. The van der Waals surface area contributed by atoms with Gasteiger partial charge in [0.15, 0.2) is 0 Å². The number of carbonyl (C=O) groups is 2. The third kappa shape index (κ3) is 48.6. The SMILES string of the molecule is CCCCCCCCC(=O)OCCOCCOCCOCCOCCOCCOCCOCCOCCOCCOCCOCCOC(=O)CCCCCC. The second-order valence-corrected chi connectivity index (χ2v) is 12.5. The van der Waals surface area contributed by atoms with Crippen molar-refractivity contribution in [3.05, 3.63) is 0 Å². The highest BCUT2D eigenvalue weighted by Gasteiger charge is 2.04. The minimum atomic E-state index is -0.155. The maximum Gasteiger partial charge on any atom is 0.305 e. The summed E-state index contributed by atoms with van der Waals surface area (Å²) < 4.78 is 70.5. The van der Waals surface area contributed by atoms with Gasteiger partial charge >= 0.3 is 11.9 Å². The molecule has 0 N–H and O–H groups in total. The minimum Gasteiger partial charge on any atom is -0.463 e. The molecule has 15 nitrogen and oxygen atoms in total. The first kappa shape index (κ1) is 53.5. The molecule has 0 saturated carbocycles. The molecular weight excluding hydrogens is 720 g/mol. The van der Waals surface area contributed by atoms with Crippen LogP contribution in [0.1, 0.15) is 90.9 Å². The fraction of sp³-hybridized carbons (Fsp3) is 0.950. The number of hydrogen-bond acceptors (Lipinski definition) is 15. The van der Waals surface area contributed by atoms with Crippen LogP contribution in [0.25, 0.3) is 0 Å². The summed E-state index contributed by atoms with van der Waals surface area (Å²) in [5.41, 5.74) is 0. The Hall–Kier alpha value is -1.50. The largest absolute Gasteiger partial charge is 0.463 e. The number of ether oxygens (including phenoxy) is 13. The summed E-state index contributed by atoms with van der Waals surface area (Å²) >= 11 is 0. The lowest BCUT2D eigenvalue weighted by Crippen LogP contribution is -2.16. The quantitative estimate of drug-likeness (QED) is 0.0601. The summed E-state index contributed by atoms with van der Waals surface area (Å²) in [6.45, 7) is 15.3. The molecule has 0 rings (SSSR count). The zero-order chi connectivity index (χ0) is 39.8. The van der Waals surface area contributed by atoms with Crippen LogP contribution in [0.2, 0.25) is 0 Å². The van der Waals surface area contributed by atoms with Gasteiger partial charge in [0.1, 0.15) is 13.2 Å². The van der Waals surface area contributed by atoms with Crippen LogP contribution < -0.4 is 0 Å². The zero-order valence-electron chi connectivity index (χ0n) is 34.6. The smallest absolute Gasteiger partial charge is 0.305 e. The van der Waals surface area contributed by atoms with Crippen molar-refractivity contribution in [3.8, 4) is 0 Å². The van der Waals surface area contributed by atoms with Crippen molar-refractivity contribution in [3.63, 3.8) is 0 Å². The van der Waals surface area contributed by atoms with E-state index in [0.717, 1.165) is 38.5 Å². The van der Waals surface area contributed by atoms with Gasteiger partial charge in [-0.3, -0.25) is 9.59 Å². The van der Waals surface area contributed by atoms with Crippen LogP contribution in [-0.4, -0.2) is 171 Å². The highest BCUT2D eigenvalue weighted by molar-refractivity contribution is 5.69. The number of unbranched alkanes of at least 4 members (excludes halogenated alkanes) is 8. The summed E-state index contributed by atoms with van der Waals surface area (Å²) in [7, 11) is 0. The molecule has 0 heterocycles. The Morgan fingerprint density at radius 2 is 0.436 bits per heavy atom. The second-order valence-electron chi connectivity index (χ2n) is 12.5. The first-order valence-electron chi connectivity index (χ1n) is 20.9. The van der Waals surface area contributed by atoms with E-state index >= 15 is 0 Å². The molecule has 328 valence electrons. The Morgan fingerprint density at radius 3 is 0.673 bits per heavy atom. The topological polar surface area (TPSA) is 154 Å². The van der Waals surface area contributed by atoms with Gasteiger partial charge in [0.25, 0.3) is 0 Å². The van der Waals surface area contributed by atoms with E-state index in [1.807, 2.05) is 0 Å². The van der Waals surface area contributed by atoms with Crippen molar-refractivity contribution in [2.45, 2.75) is 90.9 Å². The standard InChI is InChI=1S/C40H78O15/c1-3-5-7-9-10-12-14-40(42)55-38-36-53-34-32-51-30-28-49-26-24-47-22-20-45-18-16-43-15-17-44-19-21-46-23-25-48-27-29-50-31-33-52-35-37-54-39(41)13-11-8-6-4-2/h3-38H2,1-2H3. The van der Waals surface area contributed by atoms with E-state index in [-0.39, 0.29) is 25.2 Å². The first-order chi connectivity index (χ1) is 27.2. The highest BCUT2D eigenvalue weighted by atomic mass is 16.6. The Kier molecular flexibility index (Phi) is 47.3. The summed E-state index contributed by atoms with van der Waals surface area (Å²) in [5.74, 6) is -0.302. The molecule has 0 aliphatic carbocycles. The molecule has 0 radical (unpaired) electrons. The van der Waals surface area contributed by atoms with E-state index in [4.69, 9.17) is 61.6 Å². The van der Waals surface area contributed by atoms with Crippen LogP contribution in [0.15, 0.2) is 0 Å². The average Bonchev–Trinajstić information content (AvgIpc) is 3.19. The van der Waals surface area contributed by atoms with Crippen molar-refractivity contribution >= 4 is 11.9 Å². The van der Waals surface area contributed by atoms with Crippen molar-refractivity contribution in [2.24, 2.45) is 0 Å². The van der Waals surface area contributed by atoms with Gasteiger partial charge in [-0.25, -0.2) is 0 Å². The second kappa shape index (κ2) is 48.6. The van der Waals surface area contributed by atoms with Crippen LogP contribution >= 0.6 is 0 Å². The lowest BCUT2D eigenvalue weighted by Gasteiger charge is -2.09. The summed E-state index contributed by atoms with van der Waals surface area (Å²) in [6.07, 6.45) is 12.1.